The van der Waals surface area contributed by atoms with Crippen LogP contribution in [0.3, 0.4) is 0 Å². The van der Waals surface area contributed by atoms with Gasteiger partial charge in [0.25, 0.3) is 0 Å². The van der Waals surface area contributed by atoms with Gasteiger partial charge in [0, 0.05) is 31.2 Å². The van der Waals surface area contributed by atoms with Gasteiger partial charge >= 0.3 is 6.09 Å². The quantitative estimate of drug-likeness (QED) is 0.673. The van der Waals surface area contributed by atoms with Crippen LogP contribution in [0.15, 0.2) is 55.0 Å². The van der Waals surface area contributed by atoms with E-state index in [9.17, 15) is 9.18 Å². The van der Waals surface area contributed by atoms with Gasteiger partial charge in [-0.15, -0.1) is 0 Å². The molecule has 2 fully saturated rings. The summed E-state index contributed by atoms with van der Waals surface area (Å²) < 4.78 is 21.2. The number of carbonyl (C=O) groups is 1. The number of hydrogen-bond acceptors (Lipinski definition) is 6. The summed E-state index contributed by atoms with van der Waals surface area (Å²) in [6.07, 6.45) is 8.11. The number of amides is 1. The molecule has 1 aromatic carbocycles. The lowest BCUT2D eigenvalue weighted by Crippen LogP contribution is -2.40. The number of rotatable bonds is 5. The fourth-order valence-corrected chi connectivity index (χ4v) is 4.32. The zero-order valence-electron chi connectivity index (χ0n) is 16.9. The summed E-state index contributed by atoms with van der Waals surface area (Å²) in [5.74, 6) is 1.24. The number of hydrogen-bond donors (Lipinski definition) is 1. The molecule has 3 aromatic rings. The molecule has 9 heteroatoms. The number of halogens is 1. The second-order valence-electron chi connectivity index (χ2n) is 8.11. The third-order valence-electron chi connectivity index (χ3n) is 6.04. The summed E-state index contributed by atoms with van der Waals surface area (Å²) in [5.41, 5.74) is -0.0377. The van der Waals surface area contributed by atoms with Crippen molar-refractivity contribution in [3.05, 3.63) is 60.8 Å². The van der Waals surface area contributed by atoms with Crippen molar-refractivity contribution in [3.63, 3.8) is 0 Å². The van der Waals surface area contributed by atoms with Crippen LogP contribution in [0.2, 0.25) is 0 Å². The van der Waals surface area contributed by atoms with Gasteiger partial charge in [-0.2, -0.15) is 5.10 Å². The van der Waals surface area contributed by atoms with Crippen LogP contribution in [0.4, 0.5) is 21.0 Å². The topological polar surface area (TPSA) is 85.2 Å². The van der Waals surface area contributed by atoms with E-state index in [0.29, 0.717) is 29.9 Å². The number of nitrogens with zero attached hydrogens (tertiary/aromatic N) is 5. The standard InChI is InChI=1S/C22H23FN6O2/c23-17-4-1-2-5-18(17)29-13-8-19(27-29)26-14-16-6-9-22(10-7-16)15-28(21(30)31-22)20-24-11-3-12-25-20/h1-5,8,11-13,16H,6-7,9-10,14-15H2,(H,26,27)/t16-,22-. The normalized spacial score (nSPS) is 23.2. The molecular formula is C22H23FN6O2. The van der Waals surface area contributed by atoms with E-state index in [1.165, 1.54) is 15.6 Å². The monoisotopic (exact) mass is 422 g/mol. The van der Waals surface area contributed by atoms with Crippen molar-refractivity contribution in [1.82, 2.24) is 19.7 Å². The third-order valence-corrected chi connectivity index (χ3v) is 6.04. The first-order valence-electron chi connectivity index (χ1n) is 10.4. The zero-order valence-corrected chi connectivity index (χ0v) is 16.9. The van der Waals surface area contributed by atoms with E-state index in [1.54, 1.807) is 42.9 Å². The van der Waals surface area contributed by atoms with Crippen LogP contribution in [-0.2, 0) is 4.74 Å². The average Bonchev–Trinajstić information content (AvgIpc) is 3.39. The molecule has 5 rings (SSSR count). The molecular weight excluding hydrogens is 399 g/mol. The molecule has 1 N–H and O–H groups in total. The summed E-state index contributed by atoms with van der Waals surface area (Å²) >= 11 is 0. The highest BCUT2D eigenvalue weighted by Gasteiger charge is 2.48. The Morgan fingerprint density at radius 2 is 1.90 bits per heavy atom. The van der Waals surface area contributed by atoms with Gasteiger partial charge in [-0.3, -0.25) is 0 Å². The van der Waals surface area contributed by atoms with Gasteiger partial charge in [0.1, 0.15) is 22.9 Å². The molecule has 2 aliphatic rings. The van der Waals surface area contributed by atoms with E-state index in [4.69, 9.17) is 4.74 Å². The Labute approximate surface area is 179 Å². The zero-order chi connectivity index (χ0) is 21.3. The van der Waals surface area contributed by atoms with E-state index in [2.05, 4.69) is 20.4 Å². The lowest BCUT2D eigenvalue weighted by atomic mass is 9.78. The second kappa shape index (κ2) is 7.98. The number of nitrogens with one attached hydrogen (secondary N) is 1. The van der Waals surface area contributed by atoms with Gasteiger partial charge in [0.2, 0.25) is 5.95 Å². The van der Waals surface area contributed by atoms with Gasteiger partial charge < -0.3 is 10.1 Å². The van der Waals surface area contributed by atoms with Crippen LogP contribution < -0.4 is 10.2 Å². The molecule has 2 aromatic heterocycles. The molecule has 1 saturated carbocycles. The molecule has 1 spiro atoms. The molecule has 160 valence electrons. The van der Waals surface area contributed by atoms with Gasteiger partial charge in [-0.25, -0.2) is 28.7 Å². The van der Waals surface area contributed by atoms with Crippen LogP contribution in [-0.4, -0.2) is 44.5 Å². The third kappa shape index (κ3) is 3.95. The van der Waals surface area contributed by atoms with Crippen molar-refractivity contribution >= 4 is 17.9 Å². The van der Waals surface area contributed by atoms with E-state index in [0.717, 1.165) is 32.2 Å². The van der Waals surface area contributed by atoms with Crippen molar-refractivity contribution in [3.8, 4) is 5.69 Å². The highest BCUT2D eigenvalue weighted by molar-refractivity contribution is 5.88. The molecule has 1 aliphatic carbocycles. The first-order valence-corrected chi connectivity index (χ1v) is 10.4. The summed E-state index contributed by atoms with van der Waals surface area (Å²) in [6.45, 7) is 1.26. The van der Waals surface area contributed by atoms with E-state index >= 15 is 0 Å². The Balaban J connectivity index is 1.15. The second-order valence-corrected chi connectivity index (χ2v) is 8.11. The Hall–Kier alpha value is -3.49. The fourth-order valence-electron chi connectivity index (χ4n) is 4.32. The molecule has 0 atom stereocenters. The Morgan fingerprint density at radius 3 is 2.68 bits per heavy atom. The molecule has 0 unspecified atom stereocenters. The number of carbonyl (C=O) groups excluding carboxylic acids is 1. The van der Waals surface area contributed by atoms with Crippen LogP contribution in [0.25, 0.3) is 5.69 Å². The maximum atomic E-state index is 13.9. The smallest absolute Gasteiger partial charge is 0.417 e. The highest BCUT2D eigenvalue weighted by Crippen LogP contribution is 2.40. The molecule has 3 heterocycles. The first-order chi connectivity index (χ1) is 15.1. The van der Waals surface area contributed by atoms with Crippen LogP contribution in [0.1, 0.15) is 25.7 Å². The minimum Gasteiger partial charge on any atom is -0.441 e. The lowest BCUT2D eigenvalue weighted by molar-refractivity contribution is 0.0148. The van der Waals surface area contributed by atoms with Crippen molar-refractivity contribution in [2.75, 3.05) is 23.3 Å². The summed E-state index contributed by atoms with van der Waals surface area (Å²) in [4.78, 5) is 22.2. The van der Waals surface area contributed by atoms with E-state index < -0.39 is 5.60 Å². The number of benzene rings is 1. The molecule has 1 saturated heterocycles. The van der Waals surface area contributed by atoms with Gasteiger partial charge in [-0.05, 0) is 49.8 Å². The van der Waals surface area contributed by atoms with Gasteiger partial charge in [0.05, 0.1) is 6.54 Å². The minimum atomic E-state index is -0.459. The van der Waals surface area contributed by atoms with Crippen molar-refractivity contribution in [2.24, 2.45) is 5.92 Å². The summed E-state index contributed by atoms with van der Waals surface area (Å²) in [5, 5.41) is 7.78. The van der Waals surface area contributed by atoms with Gasteiger partial charge in [-0.1, -0.05) is 12.1 Å². The van der Waals surface area contributed by atoms with Crippen molar-refractivity contribution in [1.29, 1.82) is 0 Å². The fraction of sp³-hybridized carbons (Fsp3) is 0.364. The Morgan fingerprint density at radius 1 is 1.13 bits per heavy atom. The molecule has 1 aliphatic heterocycles. The van der Waals surface area contributed by atoms with Crippen LogP contribution in [0.5, 0.6) is 0 Å². The number of para-hydroxylation sites is 1. The van der Waals surface area contributed by atoms with Crippen LogP contribution in [0, 0.1) is 11.7 Å². The molecule has 0 bridgehead atoms. The van der Waals surface area contributed by atoms with Crippen molar-refractivity contribution < 1.29 is 13.9 Å². The Kier molecular flexibility index (Phi) is 5.01. The predicted molar refractivity (Wildman–Crippen MR) is 113 cm³/mol. The molecule has 31 heavy (non-hydrogen) atoms. The Bertz CT molecular complexity index is 1060. The number of anilines is 2. The summed E-state index contributed by atoms with van der Waals surface area (Å²) in [6, 6.07) is 10.1. The first kappa shape index (κ1) is 19.5. The molecule has 0 radical (unpaired) electrons. The number of ether oxygens (including phenoxy) is 1. The largest absolute Gasteiger partial charge is 0.441 e. The number of aromatic nitrogens is 4. The SMILES string of the molecule is O=C1O[C@]2(CC[C@H](CNc3ccn(-c4ccccc4F)n3)CC2)CN1c1ncccn1. The van der Waals surface area contributed by atoms with Crippen molar-refractivity contribution in [2.45, 2.75) is 31.3 Å². The van der Waals surface area contributed by atoms with Gasteiger partial charge in [0.15, 0.2) is 0 Å². The summed E-state index contributed by atoms with van der Waals surface area (Å²) in [7, 11) is 0. The minimum absolute atomic E-state index is 0.309. The maximum Gasteiger partial charge on any atom is 0.417 e. The van der Waals surface area contributed by atoms with E-state index in [-0.39, 0.29) is 11.9 Å². The predicted octanol–water partition coefficient (Wildman–Crippen LogP) is 3.80. The van der Waals surface area contributed by atoms with Crippen LogP contribution >= 0.6 is 0 Å². The highest BCUT2D eigenvalue weighted by atomic mass is 19.1. The molecule has 1 amide bonds. The molecule has 8 nitrogen and oxygen atoms in total. The lowest BCUT2D eigenvalue weighted by Gasteiger charge is -2.35. The average molecular weight is 422 g/mol. The maximum absolute atomic E-state index is 13.9. The van der Waals surface area contributed by atoms with E-state index in [1.807, 2.05) is 6.07 Å².